The standard InChI is InChI=1S/C21H32N4O2/c1-16-5-6-17(2)25(16)19-4-3-9-24(15-19)21(26)18-7-8-20(22-14-18)23-10-12-27-13-11-23/h7-8,14,16-17,19H,3-6,9-13,15H2,1-2H3. The van der Waals surface area contributed by atoms with Crippen LogP contribution in [-0.2, 0) is 4.74 Å². The molecule has 3 atom stereocenters. The zero-order valence-corrected chi connectivity index (χ0v) is 16.6. The Morgan fingerprint density at radius 3 is 2.48 bits per heavy atom. The van der Waals surface area contributed by atoms with Crippen LogP contribution in [0.25, 0.3) is 0 Å². The molecule has 0 aromatic carbocycles. The number of piperidine rings is 1. The predicted molar refractivity (Wildman–Crippen MR) is 106 cm³/mol. The van der Waals surface area contributed by atoms with Crippen molar-refractivity contribution in [1.29, 1.82) is 0 Å². The minimum atomic E-state index is 0.125. The molecule has 1 aromatic heterocycles. The Morgan fingerprint density at radius 2 is 1.81 bits per heavy atom. The SMILES string of the molecule is CC1CCC(C)N1C1CCCN(C(=O)c2ccc(N3CCOCC3)nc2)C1. The number of rotatable bonds is 3. The summed E-state index contributed by atoms with van der Waals surface area (Å²) in [6.45, 7) is 9.57. The van der Waals surface area contributed by atoms with Crippen LogP contribution in [0.1, 0.15) is 49.9 Å². The van der Waals surface area contributed by atoms with Crippen LogP contribution in [0.2, 0.25) is 0 Å². The molecule has 27 heavy (non-hydrogen) atoms. The van der Waals surface area contributed by atoms with Crippen LogP contribution < -0.4 is 4.90 Å². The van der Waals surface area contributed by atoms with E-state index in [9.17, 15) is 4.79 Å². The van der Waals surface area contributed by atoms with Crippen LogP contribution in [0.5, 0.6) is 0 Å². The third kappa shape index (κ3) is 3.97. The third-order valence-corrected chi connectivity index (χ3v) is 6.46. The van der Waals surface area contributed by atoms with Crippen LogP contribution >= 0.6 is 0 Å². The Morgan fingerprint density at radius 1 is 1.07 bits per heavy atom. The van der Waals surface area contributed by atoms with Gasteiger partial charge in [-0.3, -0.25) is 9.69 Å². The molecule has 6 heteroatoms. The summed E-state index contributed by atoms with van der Waals surface area (Å²) in [5.74, 6) is 1.06. The third-order valence-electron chi connectivity index (χ3n) is 6.46. The van der Waals surface area contributed by atoms with Gasteiger partial charge in [0.15, 0.2) is 0 Å². The molecule has 3 fully saturated rings. The number of aromatic nitrogens is 1. The van der Waals surface area contributed by atoms with E-state index in [1.54, 1.807) is 6.20 Å². The van der Waals surface area contributed by atoms with E-state index in [2.05, 4.69) is 28.6 Å². The number of hydrogen-bond acceptors (Lipinski definition) is 5. The molecule has 3 aliphatic rings. The highest BCUT2D eigenvalue weighted by Crippen LogP contribution is 2.30. The monoisotopic (exact) mass is 372 g/mol. The quantitative estimate of drug-likeness (QED) is 0.815. The largest absolute Gasteiger partial charge is 0.378 e. The molecule has 3 unspecified atom stereocenters. The van der Waals surface area contributed by atoms with Crippen molar-refractivity contribution in [2.45, 2.75) is 57.7 Å². The molecule has 0 N–H and O–H groups in total. The molecule has 0 aliphatic carbocycles. The van der Waals surface area contributed by atoms with Crippen LogP contribution in [0, 0.1) is 0 Å². The first kappa shape index (κ1) is 18.7. The topological polar surface area (TPSA) is 48.9 Å². The molecule has 4 heterocycles. The minimum absolute atomic E-state index is 0.125. The van der Waals surface area contributed by atoms with E-state index in [1.807, 2.05) is 17.0 Å². The lowest BCUT2D eigenvalue weighted by Gasteiger charge is -2.41. The molecular weight excluding hydrogens is 340 g/mol. The summed E-state index contributed by atoms with van der Waals surface area (Å²) in [6.07, 6.45) is 6.59. The molecular formula is C21H32N4O2. The van der Waals surface area contributed by atoms with Gasteiger partial charge in [-0.05, 0) is 51.7 Å². The van der Waals surface area contributed by atoms with Gasteiger partial charge in [-0.1, -0.05) is 0 Å². The first-order valence-electron chi connectivity index (χ1n) is 10.5. The fraction of sp³-hybridized carbons (Fsp3) is 0.714. The molecule has 0 spiro atoms. The van der Waals surface area contributed by atoms with Crippen molar-refractivity contribution < 1.29 is 9.53 Å². The van der Waals surface area contributed by atoms with E-state index in [4.69, 9.17) is 4.74 Å². The van der Waals surface area contributed by atoms with Gasteiger partial charge in [0.1, 0.15) is 5.82 Å². The number of likely N-dealkylation sites (tertiary alicyclic amines) is 2. The molecule has 4 rings (SSSR count). The van der Waals surface area contributed by atoms with Crippen molar-refractivity contribution in [3.05, 3.63) is 23.9 Å². The molecule has 3 aliphatic heterocycles. The van der Waals surface area contributed by atoms with Crippen molar-refractivity contribution in [1.82, 2.24) is 14.8 Å². The van der Waals surface area contributed by atoms with Gasteiger partial charge >= 0.3 is 0 Å². The average Bonchev–Trinajstić information content (AvgIpc) is 3.06. The highest BCUT2D eigenvalue weighted by molar-refractivity contribution is 5.94. The van der Waals surface area contributed by atoms with Crippen molar-refractivity contribution in [3.63, 3.8) is 0 Å². The van der Waals surface area contributed by atoms with E-state index in [0.29, 0.717) is 23.7 Å². The summed E-state index contributed by atoms with van der Waals surface area (Å²) < 4.78 is 5.40. The molecule has 1 aromatic rings. The molecule has 1 amide bonds. The van der Waals surface area contributed by atoms with E-state index < -0.39 is 0 Å². The number of anilines is 1. The van der Waals surface area contributed by atoms with Crippen LogP contribution in [0.15, 0.2) is 18.3 Å². The predicted octanol–water partition coefficient (Wildman–Crippen LogP) is 2.40. The van der Waals surface area contributed by atoms with Crippen LogP contribution in [0.4, 0.5) is 5.82 Å². The van der Waals surface area contributed by atoms with Gasteiger partial charge in [0.05, 0.1) is 18.8 Å². The molecule has 6 nitrogen and oxygen atoms in total. The van der Waals surface area contributed by atoms with Crippen LogP contribution in [0.3, 0.4) is 0 Å². The molecule has 148 valence electrons. The second kappa shape index (κ2) is 8.15. The summed E-state index contributed by atoms with van der Waals surface area (Å²) in [7, 11) is 0. The zero-order chi connectivity index (χ0) is 18.8. The Kier molecular flexibility index (Phi) is 5.64. The van der Waals surface area contributed by atoms with E-state index in [0.717, 1.165) is 51.6 Å². The normalized spacial score (nSPS) is 29.9. The van der Waals surface area contributed by atoms with Crippen molar-refractivity contribution in [2.24, 2.45) is 0 Å². The van der Waals surface area contributed by atoms with Crippen molar-refractivity contribution in [3.8, 4) is 0 Å². The van der Waals surface area contributed by atoms with Crippen LogP contribution in [-0.4, -0.2) is 78.2 Å². The number of amides is 1. The number of ether oxygens (including phenoxy) is 1. The average molecular weight is 373 g/mol. The summed E-state index contributed by atoms with van der Waals surface area (Å²) >= 11 is 0. The Bertz CT molecular complexity index is 634. The van der Waals surface area contributed by atoms with E-state index >= 15 is 0 Å². The van der Waals surface area contributed by atoms with Gasteiger partial charge in [0.25, 0.3) is 5.91 Å². The number of carbonyl (C=O) groups excluding carboxylic acids is 1. The lowest BCUT2D eigenvalue weighted by molar-refractivity contribution is 0.0486. The number of hydrogen-bond donors (Lipinski definition) is 0. The second-order valence-corrected chi connectivity index (χ2v) is 8.27. The van der Waals surface area contributed by atoms with Gasteiger partial charge in [0, 0.05) is 50.5 Å². The van der Waals surface area contributed by atoms with Crippen molar-refractivity contribution >= 4 is 11.7 Å². The maximum absolute atomic E-state index is 13.0. The maximum Gasteiger partial charge on any atom is 0.255 e. The smallest absolute Gasteiger partial charge is 0.255 e. The molecule has 3 saturated heterocycles. The summed E-state index contributed by atoms with van der Waals surface area (Å²) in [5, 5.41) is 0. The molecule has 0 radical (unpaired) electrons. The summed E-state index contributed by atoms with van der Waals surface area (Å²) in [4.78, 5) is 24.5. The fourth-order valence-electron chi connectivity index (χ4n) is 4.99. The number of morpholine rings is 1. The van der Waals surface area contributed by atoms with E-state index in [1.165, 1.54) is 19.3 Å². The molecule has 0 saturated carbocycles. The Balaban J connectivity index is 1.41. The van der Waals surface area contributed by atoms with Gasteiger partial charge in [-0.2, -0.15) is 0 Å². The summed E-state index contributed by atoms with van der Waals surface area (Å²) in [5.41, 5.74) is 0.704. The fourth-order valence-corrected chi connectivity index (χ4v) is 4.99. The Labute approximate surface area is 162 Å². The highest BCUT2D eigenvalue weighted by Gasteiger charge is 2.36. The second-order valence-electron chi connectivity index (χ2n) is 8.27. The van der Waals surface area contributed by atoms with Crippen molar-refractivity contribution in [2.75, 3.05) is 44.3 Å². The first-order chi connectivity index (χ1) is 13.1. The summed E-state index contributed by atoms with van der Waals surface area (Å²) in [6, 6.07) is 5.68. The lowest BCUT2D eigenvalue weighted by atomic mass is 10.0. The number of nitrogens with zero attached hydrogens (tertiary/aromatic N) is 4. The van der Waals surface area contributed by atoms with Gasteiger partial charge in [-0.15, -0.1) is 0 Å². The number of carbonyl (C=O) groups is 1. The Hall–Kier alpha value is -1.66. The van der Waals surface area contributed by atoms with Gasteiger partial charge in [-0.25, -0.2) is 4.98 Å². The van der Waals surface area contributed by atoms with Gasteiger partial charge in [0.2, 0.25) is 0 Å². The lowest BCUT2D eigenvalue weighted by Crippen LogP contribution is -2.52. The number of pyridine rings is 1. The molecule has 0 bridgehead atoms. The highest BCUT2D eigenvalue weighted by atomic mass is 16.5. The maximum atomic E-state index is 13.0. The van der Waals surface area contributed by atoms with Gasteiger partial charge < -0.3 is 14.5 Å². The zero-order valence-electron chi connectivity index (χ0n) is 16.6. The minimum Gasteiger partial charge on any atom is -0.378 e. The van der Waals surface area contributed by atoms with E-state index in [-0.39, 0.29) is 5.91 Å². The first-order valence-corrected chi connectivity index (χ1v) is 10.5.